The van der Waals surface area contributed by atoms with Gasteiger partial charge < -0.3 is 15.5 Å². The van der Waals surface area contributed by atoms with E-state index in [9.17, 15) is 4.79 Å². The Morgan fingerprint density at radius 3 is 2.29 bits per heavy atom. The van der Waals surface area contributed by atoms with Crippen molar-refractivity contribution >= 4 is 48.8 Å². The van der Waals surface area contributed by atoms with Crippen molar-refractivity contribution in [2.24, 2.45) is 11.7 Å². The molecule has 1 amide bonds. The first-order valence-corrected chi connectivity index (χ1v) is 9.65. The Morgan fingerprint density at radius 2 is 1.71 bits per heavy atom. The lowest BCUT2D eigenvalue weighted by molar-refractivity contribution is -0.131. The van der Waals surface area contributed by atoms with Crippen molar-refractivity contribution in [1.29, 1.82) is 0 Å². The lowest BCUT2D eigenvalue weighted by Gasteiger charge is -2.36. The van der Waals surface area contributed by atoms with Gasteiger partial charge in [-0.15, -0.1) is 37.2 Å². The molecule has 2 aliphatic rings. The smallest absolute Gasteiger partial charge is 0.222 e. The van der Waals surface area contributed by atoms with Crippen molar-refractivity contribution in [3.8, 4) is 0 Å². The van der Waals surface area contributed by atoms with Gasteiger partial charge >= 0.3 is 0 Å². The summed E-state index contributed by atoms with van der Waals surface area (Å²) in [5.41, 5.74) is 7.40. The Kier molecular flexibility index (Phi) is 13.1. The summed E-state index contributed by atoms with van der Waals surface area (Å²) in [6.45, 7) is 6.00. The number of rotatable bonds is 6. The number of piperazine rings is 1. The van der Waals surface area contributed by atoms with Crippen LogP contribution in [0.2, 0.25) is 0 Å². The van der Waals surface area contributed by atoms with Crippen LogP contribution in [0.5, 0.6) is 0 Å². The van der Waals surface area contributed by atoms with E-state index in [1.165, 1.54) is 12.1 Å². The number of benzene rings is 1. The molecule has 0 spiro atoms. The van der Waals surface area contributed by atoms with Crippen LogP contribution in [0.1, 0.15) is 25.7 Å². The number of anilines is 1. The molecule has 1 saturated carbocycles. The molecule has 1 aromatic carbocycles. The molecule has 28 heavy (non-hydrogen) atoms. The quantitative estimate of drug-likeness (QED) is 0.719. The molecule has 0 unspecified atom stereocenters. The fourth-order valence-corrected chi connectivity index (χ4v) is 3.98. The van der Waals surface area contributed by atoms with Crippen LogP contribution in [0.3, 0.4) is 0 Å². The third kappa shape index (κ3) is 7.60. The molecule has 2 N–H and O–H groups in total. The summed E-state index contributed by atoms with van der Waals surface area (Å²) < 4.78 is 0. The first-order valence-electron chi connectivity index (χ1n) is 9.65. The molecule has 1 aliphatic heterocycles. The third-order valence-electron chi connectivity index (χ3n) is 5.83. The maximum Gasteiger partial charge on any atom is 0.222 e. The van der Waals surface area contributed by atoms with Gasteiger partial charge in [-0.2, -0.15) is 0 Å². The largest absolute Gasteiger partial charge is 0.369 e. The fourth-order valence-electron chi connectivity index (χ4n) is 3.98. The summed E-state index contributed by atoms with van der Waals surface area (Å²) in [6, 6.07) is 10.8. The van der Waals surface area contributed by atoms with E-state index in [2.05, 4.69) is 40.1 Å². The fraction of sp³-hybridized carbons (Fsp3) is 0.650. The molecule has 0 bridgehead atoms. The number of nitrogens with two attached hydrogens (primary N) is 1. The van der Waals surface area contributed by atoms with Crippen LogP contribution in [0, 0.1) is 5.92 Å². The third-order valence-corrected chi connectivity index (χ3v) is 5.83. The van der Waals surface area contributed by atoms with Crippen molar-refractivity contribution in [3.63, 3.8) is 0 Å². The van der Waals surface area contributed by atoms with Crippen LogP contribution in [0.15, 0.2) is 30.3 Å². The highest BCUT2D eigenvalue weighted by Crippen LogP contribution is 2.27. The van der Waals surface area contributed by atoms with E-state index in [4.69, 9.17) is 5.73 Å². The molecular formula is C20H35Cl3N4O. The number of hydrogen-bond donors (Lipinski definition) is 1. The average Bonchev–Trinajstić information content (AvgIpc) is 3.05. The van der Waals surface area contributed by atoms with Crippen LogP contribution < -0.4 is 10.6 Å². The normalized spacial score (nSPS) is 21.9. The van der Waals surface area contributed by atoms with Gasteiger partial charge in [-0.05, 0) is 30.9 Å². The van der Waals surface area contributed by atoms with Gasteiger partial charge in [0.15, 0.2) is 0 Å². The predicted molar refractivity (Wildman–Crippen MR) is 124 cm³/mol. The van der Waals surface area contributed by atoms with Crippen molar-refractivity contribution < 1.29 is 4.79 Å². The van der Waals surface area contributed by atoms with E-state index in [-0.39, 0.29) is 49.2 Å². The van der Waals surface area contributed by atoms with Crippen molar-refractivity contribution in [3.05, 3.63) is 30.3 Å². The van der Waals surface area contributed by atoms with E-state index < -0.39 is 0 Å². The minimum Gasteiger partial charge on any atom is -0.369 e. The Bertz CT molecular complexity index is 556. The lowest BCUT2D eigenvalue weighted by atomic mass is 9.99. The van der Waals surface area contributed by atoms with Gasteiger partial charge in [0.2, 0.25) is 5.91 Å². The molecule has 0 aromatic heterocycles. The van der Waals surface area contributed by atoms with Crippen molar-refractivity contribution in [1.82, 2.24) is 9.80 Å². The molecule has 5 nitrogen and oxygen atoms in total. The van der Waals surface area contributed by atoms with E-state index in [0.717, 1.165) is 52.1 Å². The second kappa shape index (κ2) is 13.5. The van der Waals surface area contributed by atoms with E-state index in [0.29, 0.717) is 12.3 Å². The van der Waals surface area contributed by atoms with Crippen LogP contribution >= 0.6 is 37.2 Å². The summed E-state index contributed by atoms with van der Waals surface area (Å²) in [6.07, 6.45) is 3.99. The number of halogens is 3. The molecule has 1 aliphatic carbocycles. The summed E-state index contributed by atoms with van der Waals surface area (Å²) in [5.74, 6) is 0.648. The van der Waals surface area contributed by atoms with Crippen LogP contribution in [0.25, 0.3) is 0 Å². The molecule has 1 saturated heterocycles. The van der Waals surface area contributed by atoms with E-state index >= 15 is 0 Å². The Hall–Kier alpha value is -0.720. The van der Waals surface area contributed by atoms with Gasteiger partial charge in [-0.3, -0.25) is 9.69 Å². The molecule has 2 atom stereocenters. The minimum absolute atomic E-state index is 0. The van der Waals surface area contributed by atoms with Crippen molar-refractivity contribution in [2.75, 3.05) is 51.2 Å². The van der Waals surface area contributed by atoms with Crippen molar-refractivity contribution in [2.45, 2.75) is 31.7 Å². The van der Waals surface area contributed by atoms with Crippen LogP contribution in [0.4, 0.5) is 5.69 Å². The summed E-state index contributed by atoms with van der Waals surface area (Å²) in [5, 5.41) is 0. The number of para-hydroxylation sites is 1. The highest BCUT2D eigenvalue weighted by atomic mass is 35.5. The monoisotopic (exact) mass is 452 g/mol. The zero-order chi connectivity index (χ0) is 17.6. The molecule has 162 valence electrons. The predicted octanol–water partition coefficient (Wildman–Crippen LogP) is 3.05. The van der Waals surface area contributed by atoms with E-state index in [1.807, 2.05) is 11.9 Å². The standard InChI is InChI=1S/C20H32N4O.3ClH/c1-22(20(25)16-17-6-5-9-19(17)21)10-11-23-12-14-24(15-13-23)18-7-3-2-4-8-18;;;/h2-4,7-8,17,19H,5-6,9-16,21H2,1H3;3*1H/t17-,19+;;;/m0.../s1. The van der Waals surface area contributed by atoms with Gasteiger partial charge in [0.1, 0.15) is 0 Å². The number of carbonyl (C=O) groups excluding carboxylic acids is 1. The van der Waals surface area contributed by atoms with Crippen LogP contribution in [-0.2, 0) is 4.79 Å². The Balaban J connectivity index is 0.00000243. The summed E-state index contributed by atoms with van der Waals surface area (Å²) >= 11 is 0. The molecule has 2 fully saturated rings. The molecule has 1 heterocycles. The van der Waals surface area contributed by atoms with Gasteiger partial charge in [0.05, 0.1) is 0 Å². The molecule has 8 heteroatoms. The van der Waals surface area contributed by atoms with Gasteiger partial charge in [-0.1, -0.05) is 24.6 Å². The molecule has 3 rings (SSSR count). The number of hydrogen-bond acceptors (Lipinski definition) is 4. The zero-order valence-electron chi connectivity index (χ0n) is 16.7. The second-order valence-corrected chi connectivity index (χ2v) is 7.54. The number of likely N-dealkylation sites (N-methyl/N-ethyl adjacent to an activating group) is 1. The maximum absolute atomic E-state index is 12.4. The lowest BCUT2D eigenvalue weighted by Crippen LogP contribution is -2.48. The number of amides is 1. The first-order chi connectivity index (χ1) is 12.1. The van der Waals surface area contributed by atoms with Crippen LogP contribution in [-0.4, -0.2) is 68.1 Å². The highest BCUT2D eigenvalue weighted by Gasteiger charge is 2.27. The second-order valence-electron chi connectivity index (χ2n) is 7.54. The highest BCUT2D eigenvalue weighted by molar-refractivity contribution is 5.86. The topological polar surface area (TPSA) is 52.8 Å². The summed E-state index contributed by atoms with van der Waals surface area (Å²) in [7, 11) is 1.93. The molecule has 0 radical (unpaired) electrons. The first kappa shape index (κ1) is 27.3. The van der Waals surface area contributed by atoms with Gasteiger partial charge in [-0.25, -0.2) is 0 Å². The van der Waals surface area contributed by atoms with Gasteiger partial charge in [0, 0.05) is 64.5 Å². The Labute approximate surface area is 188 Å². The Morgan fingerprint density at radius 1 is 1.07 bits per heavy atom. The zero-order valence-corrected chi connectivity index (χ0v) is 19.1. The molecule has 1 aromatic rings. The van der Waals surface area contributed by atoms with E-state index in [1.54, 1.807) is 0 Å². The minimum atomic E-state index is 0. The maximum atomic E-state index is 12.4. The summed E-state index contributed by atoms with van der Waals surface area (Å²) in [4.78, 5) is 19.2. The van der Waals surface area contributed by atoms with Gasteiger partial charge in [0.25, 0.3) is 0 Å². The number of nitrogens with zero attached hydrogens (tertiary/aromatic N) is 3. The molecular weight excluding hydrogens is 419 g/mol. The SMILES string of the molecule is CN(CCN1CCN(c2ccccc2)CC1)C(=O)C[C@@H]1CCC[C@H]1N.Cl.Cl.Cl. The number of carbonyl (C=O) groups is 1. The average molecular weight is 454 g/mol.